The average Bonchev–Trinajstić information content (AvgIpc) is 2.37. The van der Waals surface area contributed by atoms with E-state index < -0.39 is 5.82 Å². The van der Waals surface area contributed by atoms with Crippen LogP contribution in [0.5, 0.6) is 5.75 Å². The summed E-state index contributed by atoms with van der Waals surface area (Å²) in [5.74, 6) is -0.964. The van der Waals surface area contributed by atoms with Gasteiger partial charge >= 0.3 is 0 Å². The topological polar surface area (TPSA) is 49.8 Å². The number of nitrogens with zero attached hydrogens (tertiary/aromatic N) is 1. The number of hydrogen-bond acceptors (Lipinski definition) is 4. The van der Waals surface area contributed by atoms with Crippen LogP contribution in [0.4, 0.5) is 4.39 Å². The van der Waals surface area contributed by atoms with Gasteiger partial charge in [0.1, 0.15) is 11.6 Å². The summed E-state index contributed by atoms with van der Waals surface area (Å²) in [4.78, 5) is 13.5. The Hall–Kier alpha value is -1.46. The second-order valence-electron chi connectivity index (χ2n) is 5.44. The van der Waals surface area contributed by atoms with Crippen LogP contribution in [0.2, 0.25) is 0 Å². The molecule has 4 nitrogen and oxygen atoms in total. The quantitative estimate of drug-likeness (QED) is 0.864. The van der Waals surface area contributed by atoms with Crippen molar-refractivity contribution in [2.24, 2.45) is 0 Å². The van der Waals surface area contributed by atoms with Crippen LogP contribution in [0.1, 0.15) is 36.7 Å². The summed E-state index contributed by atoms with van der Waals surface area (Å²) >= 11 is 0. The molecule has 0 aliphatic carbocycles. The third kappa shape index (κ3) is 3.16. The summed E-state index contributed by atoms with van der Waals surface area (Å²) in [6, 6.07) is 2.55. The summed E-state index contributed by atoms with van der Waals surface area (Å²) in [6.45, 7) is 7.04. The van der Waals surface area contributed by atoms with Crippen LogP contribution in [0.3, 0.4) is 0 Å². The molecule has 2 unspecified atom stereocenters. The molecule has 2 rings (SSSR count). The number of carbonyl (C=O) groups is 1. The van der Waals surface area contributed by atoms with Crippen molar-refractivity contribution < 1.29 is 19.0 Å². The van der Waals surface area contributed by atoms with Crippen LogP contribution in [0.25, 0.3) is 0 Å². The zero-order valence-corrected chi connectivity index (χ0v) is 12.0. The molecule has 0 amide bonds. The van der Waals surface area contributed by atoms with Gasteiger partial charge in [-0.05, 0) is 32.9 Å². The van der Waals surface area contributed by atoms with Gasteiger partial charge in [0, 0.05) is 24.7 Å². The minimum Gasteiger partial charge on any atom is -0.507 e. The number of phenols is 1. The zero-order chi connectivity index (χ0) is 14.9. The van der Waals surface area contributed by atoms with Gasteiger partial charge in [-0.15, -0.1) is 0 Å². The van der Waals surface area contributed by atoms with Gasteiger partial charge in [-0.2, -0.15) is 0 Å². The lowest BCUT2D eigenvalue weighted by Crippen LogP contribution is -2.46. The van der Waals surface area contributed by atoms with Gasteiger partial charge in [-0.25, -0.2) is 4.39 Å². The minimum absolute atomic E-state index is 0.0361. The Morgan fingerprint density at radius 3 is 2.85 bits per heavy atom. The highest BCUT2D eigenvalue weighted by Crippen LogP contribution is 2.27. The minimum atomic E-state index is -0.503. The molecule has 1 saturated heterocycles. The van der Waals surface area contributed by atoms with Gasteiger partial charge in [-0.1, -0.05) is 0 Å². The molecule has 1 aliphatic heterocycles. The lowest BCUT2D eigenvalue weighted by Gasteiger charge is -2.36. The number of ether oxygens (including phenoxy) is 1. The van der Waals surface area contributed by atoms with E-state index in [0.717, 1.165) is 6.07 Å². The van der Waals surface area contributed by atoms with E-state index in [-0.39, 0.29) is 29.2 Å². The highest BCUT2D eigenvalue weighted by atomic mass is 19.1. The highest BCUT2D eigenvalue weighted by molar-refractivity contribution is 5.97. The van der Waals surface area contributed by atoms with Crippen molar-refractivity contribution in [1.82, 2.24) is 4.90 Å². The summed E-state index contributed by atoms with van der Waals surface area (Å²) < 4.78 is 19.1. The van der Waals surface area contributed by atoms with Crippen molar-refractivity contribution in [2.75, 3.05) is 13.2 Å². The molecule has 0 bridgehead atoms. The molecule has 0 spiro atoms. The Balaban J connectivity index is 2.26. The second kappa shape index (κ2) is 5.89. The molecule has 2 atom stereocenters. The predicted octanol–water partition coefficient (Wildman–Crippen LogP) is 2.34. The molecule has 5 heteroatoms. The lowest BCUT2D eigenvalue weighted by molar-refractivity contribution is -0.0528. The first-order valence-corrected chi connectivity index (χ1v) is 6.76. The number of Topliss-reactive ketones (excluding diaryl/α,β-unsaturated/α-hetero) is 1. The molecule has 1 heterocycles. The largest absolute Gasteiger partial charge is 0.507 e. The molecule has 1 N–H and O–H groups in total. The van der Waals surface area contributed by atoms with Crippen molar-refractivity contribution in [3.63, 3.8) is 0 Å². The standard InChI is InChI=1S/C15H20FNO3/c1-9-8-20-10(2)6-17(9)7-12-4-13(16)5-14(11(3)18)15(12)19/h4-5,9-10,19H,6-8H2,1-3H3. The molecule has 1 aromatic rings. The Labute approximate surface area is 118 Å². The van der Waals surface area contributed by atoms with Crippen molar-refractivity contribution >= 4 is 5.78 Å². The van der Waals surface area contributed by atoms with Crippen LogP contribution in [0, 0.1) is 5.82 Å². The molecule has 0 aromatic heterocycles. The van der Waals surface area contributed by atoms with Crippen LogP contribution >= 0.6 is 0 Å². The number of morpholine rings is 1. The van der Waals surface area contributed by atoms with E-state index in [0.29, 0.717) is 25.3 Å². The zero-order valence-electron chi connectivity index (χ0n) is 12.0. The molecule has 0 radical (unpaired) electrons. The van der Waals surface area contributed by atoms with Gasteiger partial charge in [0.15, 0.2) is 5.78 Å². The average molecular weight is 281 g/mol. The predicted molar refractivity (Wildman–Crippen MR) is 73.4 cm³/mol. The highest BCUT2D eigenvalue weighted by Gasteiger charge is 2.25. The Kier molecular flexibility index (Phi) is 4.40. The third-order valence-electron chi connectivity index (χ3n) is 3.64. The Bertz CT molecular complexity index is 518. The van der Waals surface area contributed by atoms with E-state index in [1.54, 1.807) is 0 Å². The fraction of sp³-hybridized carbons (Fsp3) is 0.533. The number of halogens is 1. The number of hydrogen-bond donors (Lipinski definition) is 1. The molecular formula is C15H20FNO3. The number of rotatable bonds is 3. The maximum absolute atomic E-state index is 13.6. The first-order valence-electron chi connectivity index (χ1n) is 6.76. The van der Waals surface area contributed by atoms with Gasteiger partial charge in [0.2, 0.25) is 0 Å². The molecule has 0 saturated carbocycles. The molecule has 110 valence electrons. The number of aromatic hydroxyl groups is 1. The van der Waals surface area contributed by atoms with Gasteiger partial charge in [0.25, 0.3) is 0 Å². The number of benzene rings is 1. The van der Waals surface area contributed by atoms with E-state index in [9.17, 15) is 14.3 Å². The molecule has 1 aliphatic rings. The van der Waals surface area contributed by atoms with E-state index in [2.05, 4.69) is 4.90 Å². The first kappa shape index (κ1) is 14.9. The van der Waals surface area contributed by atoms with Gasteiger partial charge in [0.05, 0.1) is 18.3 Å². The van der Waals surface area contributed by atoms with Gasteiger partial charge in [-0.3, -0.25) is 9.69 Å². The van der Waals surface area contributed by atoms with Crippen molar-refractivity contribution in [3.05, 3.63) is 29.1 Å². The van der Waals surface area contributed by atoms with Gasteiger partial charge < -0.3 is 9.84 Å². The Morgan fingerprint density at radius 1 is 1.50 bits per heavy atom. The molecular weight excluding hydrogens is 261 g/mol. The van der Waals surface area contributed by atoms with Crippen molar-refractivity contribution in [1.29, 1.82) is 0 Å². The van der Waals surface area contributed by atoms with E-state index in [4.69, 9.17) is 4.74 Å². The number of ketones is 1. The maximum atomic E-state index is 13.6. The summed E-state index contributed by atoms with van der Waals surface area (Å²) in [5.41, 5.74) is 0.477. The third-order valence-corrected chi connectivity index (χ3v) is 3.64. The van der Waals surface area contributed by atoms with Crippen LogP contribution in [0.15, 0.2) is 12.1 Å². The number of carbonyl (C=O) groups excluding carboxylic acids is 1. The first-order chi connectivity index (χ1) is 9.38. The van der Waals surface area contributed by atoms with E-state index in [1.807, 2.05) is 13.8 Å². The smallest absolute Gasteiger partial charge is 0.163 e. The van der Waals surface area contributed by atoms with E-state index in [1.165, 1.54) is 13.0 Å². The summed E-state index contributed by atoms with van der Waals surface area (Å²) in [5, 5.41) is 10.1. The van der Waals surface area contributed by atoms with Crippen molar-refractivity contribution in [2.45, 2.75) is 39.5 Å². The van der Waals surface area contributed by atoms with Crippen LogP contribution < -0.4 is 0 Å². The van der Waals surface area contributed by atoms with Crippen LogP contribution in [-0.2, 0) is 11.3 Å². The van der Waals surface area contributed by atoms with E-state index >= 15 is 0 Å². The Morgan fingerprint density at radius 2 is 2.20 bits per heavy atom. The molecule has 20 heavy (non-hydrogen) atoms. The van der Waals surface area contributed by atoms with Crippen molar-refractivity contribution in [3.8, 4) is 5.75 Å². The fourth-order valence-electron chi connectivity index (χ4n) is 2.46. The maximum Gasteiger partial charge on any atom is 0.163 e. The number of phenolic OH excluding ortho intramolecular Hbond substituents is 1. The lowest BCUT2D eigenvalue weighted by atomic mass is 10.0. The molecule has 1 fully saturated rings. The second-order valence-corrected chi connectivity index (χ2v) is 5.44. The summed E-state index contributed by atoms with van der Waals surface area (Å²) in [6.07, 6.45) is 0.106. The SMILES string of the molecule is CC(=O)c1cc(F)cc(CN2CC(C)OCC2C)c1O. The fourth-order valence-corrected chi connectivity index (χ4v) is 2.46. The monoisotopic (exact) mass is 281 g/mol. The molecule has 1 aromatic carbocycles. The van der Waals surface area contributed by atoms with Crippen LogP contribution in [-0.4, -0.2) is 41.1 Å². The normalized spacial score (nSPS) is 23.8. The summed E-state index contributed by atoms with van der Waals surface area (Å²) in [7, 11) is 0.